The topological polar surface area (TPSA) is 95.1 Å². The summed E-state index contributed by atoms with van der Waals surface area (Å²) in [5.41, 5.74) is 4.47. The summed E-state index contributed by atoms with van der Waals surface area (Å²) in [6, 6.07) is 1.88. The van der Waals surface area contributed by atoms with E-state index in [1.807, 2.05) is 24.5 Å². The molecule has 7 heteroatoms. The highest BCUT2D eigenvalue weighted by Crippen LogP contribution is 2.17. The van der Waals surface area contributed by atoms with Crippen molar-refractivity contribution >= 4 is 17.0 Å². The van der Waals surface area contributed by atoms with E-state index in [1.54, 1.807) is 7.11 Å². The molecule has 2 aromatic rings. The first kappa shape index (κ1) is 14.4. The van der Waals surface area contributed by atoms with Crippen LogP contribution in [-0.2, 0) is 11.3 Å². The zero-order valence-corrected chi connectivity index (χ0v) is 11.9. The van der Waals surface area contributed by atoms with Gasteiger partial charge in [0.15, 0.2) is 0 Å². The summed E-state index contributed by atoms with van der Waals surface area (Å²) in [4.78, 5) is 20.5. The minimum absolute atomic E-state index is 0.316. The van der Waals surface area contributed by atoms with Crippen molar-refractivity contribution in [2.75, 3.05) is 19.1 Å². The van der Waals surface area contributed by atoms with Crippen LogP contribution in [0, 0.1) is 13.8 Å². The second kappa shape index (κ2) is 5.98. The van der Waals surface area contributed by atoms with Crippen LogP contribution in [0.5, 0.6) is 0 Å². The van der Waals surface area contributed by atoms with Gasteiger partial charge in [0.25, 0.3) is 5.56 Å². The zero-order valence-electron chi connectivity index (χ0n) is 11.9. The molecule has 0 radical (unpaired) electrons. The quantitative estimate of drug-likeness (QED) is 0.475. The minimum Gasteiger partial charge on any atom is -0.385 e. The van der Waals surface area contributed by atoms with Crippen molar-refractivity contribution in [2.45, 2.75) is 26.8 Å². The van der Waals surface area contributed by atoms with Crippen LogP contribution in [-0.4, -0.2) is 28.3 Å². The number of hydrogen-bond acceptors (Lipinski definition) is 6. The number of aromatic nitrogens is 3. The number of nitrogen functional groups attached to an aromatic ring is 1. The van der Waals surface area contributed by atoms with E-state index in [0.717, 1.165) is 17.7 Å². The lowest BCUT2D eigenvalue weighted by atomic mass is 10.2. The van der Waals surface area contributed by atoms with Gasteiger partial charge in [-0.3, -0.25) is 14.8 Å². The third-order valence-corrected chi connectivity index (χ3v) is 3.12. The van der Waals surface area contributed by atoms with Gasteiger partial charge in [-0.25, -0.2) is 10.8 Å². The molecule has 0 unspecified atom stereocenters. The number of nitrogens with zero attached hydrogens (tertiary/aromatic N) is 3. The summed E-state index contributed by atoms with van der Waals surface area (Å²) in [6.07, 6.45) is 0.777. The number of methoxy groups -OCH3 is 1. The van der Waals surface area contributed by atoms with Gasteiger partial charge in [-0.05, 0) is 31.9 Å². The minimum atomic E-state index is -0.319. The highest BCUT2D eigenvalue weighted by Gasteiger charge is 2.13. The second-order valence-electron chi connectivity index (χ2n) is 4.66. The smallest absolute Gasteiger partial charge is 0.284 e. The van der Waals surface area contributed by atoms with Crippen LogP contribution in [0.4, 0.5) is 5.95 Å². The first-order valence-electron chi connectivity index (χ1n) is 6.42. The number of hydrogen-bond donors (Lipinski definition) is 2. The molecule has 20 heavy (non-hydrogen) atoms. The molecule has 0 aromatic carbocycles. The first-order chi connectivity index (χ1) is 9.58. The van der Waals surface area contributed by atoms with Gasteiger partial charge in [0.2, 0.25) is 5.95 Å². The SMILES string of the molecule is COCCCn1c(NN)nc(=O)c2c(C)cc(C)nc21. The normalized spacial score (nSPS) is 11.0. The first-order valence-corrected chi connectivity index (χ1v) is 6.42. The van der Waals surface area contributed by atoms with E-state index in [4.69, 9.17) is 10.6 Å². The summed E-state index contributed by atoms with van der Waals surface area (Å²) in [5.74, 6) is 5.78. The fourth-order valence-electron chi connectivity index (χ4n) is 2.28. The van der Waals surface area contributed by atoms with Crippen molar-refractivity contribution < 1.29 is 4.74 Å². The van der Waals surface area contributed by atoms with Crippen LogP contribution in [0.25, 0.3) is 11.0 Å². The van der Waals surface area contributed by atoms with Gasteiger partial charge in [-0.15, -0.1) is 0 Å². The van der Waals surface area contributed by atoms with Crippen LogP contribution < -0.4 is 16.8 Å². The van der Waals surface area contributed by atoms with Crippen LogP contribution in [0.15, 0.2) is 10.9 Å². The number of pyridine rings is 1. The molecule has 0 aliphatic heterocycles. The van der Waals surface area contributed by atoms with E-state index in [-0.39, 0.29) is 5.56 Å². The number of ether oxygens (including phenoxy) is 1. The standard InChI is InChI=1S/C13H19N5O2/c1-8-7-9(2)15-11-10(8)12(19)16-13(17-14)18(11)5-4-6-20-3/h7H,4-6,14H2,1-3H3,(H,16,17,19). The Kier molecular flexibility index (Phi) is 4.31. The van der Waals surface area contributed by atoms with E-state index in [2.05, 4.69) is 15.4 Å². The summed E-state index contributed by atoms with van der Waals surface area (Å²) in [6.45, 7) is 5.01. The maximum atomic E-state index is 12.1. The average molecular weight is 277 g/mol. The number of rotatable bonds is 5. The molecule has 0 fully saturated rings. The Balaban J connectivity index is 2.68. The Morgan fingerprint density at radius 1 is 1.40 bits per heavy atom. The van der Waals surface area contributed by atoms with Gasteiger partial charge in [0.1, 0.15) is 5.65 Å². The van der Waals surface area contributed by atoms with Gasteiger partial charge in [0.05, 0.1) is 5.39 Å². The number of nitrogens with two attached hydrogens (primary N) is 1. The number of hydrazine groups is 1. The number of aryl methyl sites for hydroxylation is 3. The van der Waals surface area contributed by atoms with Crippen molar-refractivity contribution in [2.24, 2.45) is 5.84 Å². The van der Waals surface area contributed by atoms with Gasteiger partial charge in [-0.1, -0.05) is 0 Å². The molecule has 2 heterocycles. The summed E-state index contributed by atoms with van der Waals surface area (Å²) < 4.78 is 6.87. The molecule has 0 aliphatic rings. The fraction of sp³-hybridized carbons (Fsp3) is 0.462. The summed E-state index contributed by atoms with van der Waals surface area (Å²) in [7, 11) is 1.65. The lowest BCUT2D eigenvalue weighted by Crippen LogP contribution is -2.24. The molecule has 2 aromatic heterocycles. The summed E-state index contributed by atoms with van der Waals surface area (Å²) in [5, 5.41) is 0.534. The molecule has 0 saturated heterocycles. The predicted molar refractivity (Wildman–Crippen MR) is 77.6 cm³/mol. The summed E-state index contributed by atoms with van der Waals surface area (Å²) >= 11 is 0. The predicted octanol–water partition coefficient (Wildman–Crippen LogP) is 0.730. The maximum absolute atomic E-state index is 12.1. The molecule has 0 saturated carbocycles. The average Bonchev–Trinajstić information content (AvgIpc) is 2.40. The monoisotopic (exact) mass is 277 g/mol. The van der Waals surface area contributed by atoms with E-state index < -0.39 is 0 Å². The van der Waals surface area contributed by atoms with E-state index in [1.165, 1.54) is 0 Å². The lowest BCUT2D eigenvalue weighted by molar-refractivity contribution is 0.190. The van der Waals surface area contributed by atoms with Gasteiger partial charge in [0, 0.05) is 26.0 Å². The van der Waals surface area contributed by atoms with Crippen LogP contribution in [0.3, 0.4) is 0 Å². The van der Waals surface area contributed by atoms with Crippen LogP contribution in [0.2, 0.25) is 0 Å². The molecule has 0 spiro atoms. The number of nitrogens with one attached hydrogen (secondary N) is 1. The van der Waals surface area contributed by atoms with Crippen molar-refractivity contribution in [3.05, 3.63) is 27.7 Å². The molecular formula is C13H19N5O2. The molecule has 7 nitrogen and oxygen atoms in total. The van der Waals surface area contributed by atoms with Crippen molar-refractivity contribution in [1.82, 2.24) is 14.5 Å². The van der Waals surface area contributed by atoms with Gasteiger partial charge < -0.3 is 4.74 Å². The Bertz CT molecular complexity index is 680. The highest BCUT2D eigenvalue weighted by atomic mass is 16.5. The Morgan fingerprint density at radius 2 is 2.15 bits per heavy atom. The lowest BCUT2D eigenvalue weighted by Gasteiger charge is -2.15. The maximum Gasteiger partial charge on any atom is 0.284 e. The van der Waals surface area contributed by atoms with Gasteiger partial charge >= 0.3 is 0 Å². The van der Waals surface area contributed by atoms with Crippen molar-refractivity contribution in [3.8, 4) is 0 Å². The van der Waals surface area contributed by atoms with Crippen LogP contribution >= 0.6 is 0 Å². The Labute approximate surface area is 116 Å². The number of anilines is 1. The van der Waals surface area contributed by atoms with Crippen LogP contribution in [0.1, 0.15) is 17.7 Å². The third kappa shape index (κ3) is 2.63. The largest absolute Gasteiger partial charge is 0.385 e. The molecule has 0 atom stereocenters. The van der Waals surface area contributed by atoms with Crippen molar-refractivity contribution in [1.29, 1.82) is 0 Å². The molecular weight excluding hydrogens is 258 g/mol. The highest BCUT2D eigenvalue weighted by molar-refractivity contribution is 5.79. The second-order valence-corrected chi connectivity index (χ2v) is 4.66. The van der Waals surface area contributed by atoms with E-state index >= 15 is 0 Å². The van der Waals surface area contributed by atoms with E-state index in [9.17, 15) is 4.79 Å². The molecule has 3 N–H and O–H groups in total. The third-order valence-electron chi connectivity index (χ3n) is 3.12. The molecule has 0 amide bonds. The molecule has 2 rings (SSSR count). The molecule has 108 valence electrons. The number of fused-ring (bicyclic) bond motifs is 1. The Hall–Kier alpha value is -1.99. The zero-order chi connectivity index (χ0) is 14.7. The Morgan fingerprint density at radius 3 is 2.80 bits per heavy atom. The van der Waals surface area contributed by atoms with Crippen molar-refractivity contribution in [3.63, 3.8) is 0 Å². The fourth-order valence-corrected chi connectivity index (χ4v) is 2.28. The van der Waals surface area contributed by atoms with Gasteiger partial charge in [-0.2, -0.15) is 4.98 Å². The molecule has 0 bridgehead atoms. The molecule has 0 aliphatic carbocycles. The van der Waals surface area contributed by atoms with E-state index in [0.29, 0.717) is 30.1 Å².